The molecule has 2 aromatic rings. The fourth-order valence-corrected chi connectivity index (χ4v) is 4.82. The van der Waals surface area contributed by atoms with Gasteiger partial charge in [-0.25, -0.2) is 4.98 Å². The molecular formula is C20H28N4O. The van der Waals surface area contributed by atoms with Crippen LogP contribution in [-0.4, -0.2) is 35.1 Å². The van der Waals surface area contributed by atoms with Crippen molar-refractivity contribution < 1.29 is 4.79 Å². The maximum absolute atomic E-state index is 12.9. The zero-order valence-corrected chi connectivity index (χ0v) is 15.1. The molecule has 2 heterocycles. The van der Waals surface area contributed by atoms with Crippen molar-refractivity contribution in [1.82, 2.24) is 20.2 Å². The number of amides is 1. The minimum Gasteiger partial charge on any atom is -0.355 e. The van der Waals surface area contributed by atoms with Gasteiger partial charge in [0.25, 0.3) is 0 Å². The molecular weight excluding hydrogens is 312 g/mol. The second-order valence-corrected chi connectivity index (χ2v) is 7.50. The summed E-state index contributed by atoms with van der Waals surface area (Å²) in [6.07, 6.45) is 5.44. The molecule has 5 nitrogen and oxygen atoms in total. The zero-order chi connectivity index (χ0) is 17.3. The van der Waals surface area contributed by atoms with Crippen LogP contribution in [0, 0.1) is 11.3 Å². The molecule has 1 aromatic heterocycles. The van der Waals surface area contributed by atoms with E-state index in [0.29, 0.717) is 12.5 Å². The first-order valence-electron chi connectivity index (χ1n) is 9.68. The first-order valence-corrected chi connectivity index (χ1v) is 9.68. The molecule has 25 heavy (non-hydrogen) atoms. The number of fused-ring (bicyclic) bond motifs is 2. The topological polar surface area (TPSA) is 59.0 Å². The first kappa shape index (κ1) is 16.6. The summed E-state index contributed by atoms with van der Waals surface area (Å²) in [5, 5.41) is 6.68. The third kappa shape index (κ3) is 2.84. The van der Waals surface area contributed by atoms with E-state index in [-0.39, 0.29) is 11.3 Å². The van der Waals surface area contributed by atoms with E-state index in [1.807, 2.05) is 6.07 Å². The average molecular weight is 340 g/mol. The molecule has 5 heteroatoms. The maximum Gasteiger partial charge on any atom is 0.227 e. The fourth-order valence-electron chi connectivity index (χ4n) is 4.82. The van der Waals surface area contributed by atoms with Crippen LogP contribution in [0.2, 0.25) is 0 Å². The Bertz CT molecular complexity index is 768. The van der Waals surface area contributed by atoms with Crippen molar-refractivity contribution in [3.05, 3.63) is 30.1 Å². The third-order valence-corrected chi connectivity index (χ3v) is 6.17. The van der Waals surface area contributed by atoms with Gasteiger partial charge in [0.2, 0.25) is 5.91 Å². The van der Waals surface area contributed by atoms with Gasteiger partial charge in [0.15, 0.2) is 0 Å². The number of nitrogens with zero attached hydrogens (tertiary/aromatic N) is 2. The summed E-state index contributed by atoms with van der Waals surface area (Å²) in [7, 11) is 0. The molecule has 1 aliphatic carbocycles. The molecule has 2 aliphatic rings. The van der Waals surface area contributed by atoms with Crippen molar-refractivity contribution in [2.45, 2.75) is 45.6 Å². The Labute approximate surface area is 149 Å². The van der Waals surface area contributed by atoms with Gasteiger partial charge in [-0.2, -0.15) is 0 Å². The lowest BCUT2D eigenvalue weighted by molar-refractivity contribution is -0.133. The molecule has 1 saturated heterocycles. The number of imidazole rings is 1. The largest absolute Gasteiger partial charge is 0.355 e. The summed E-state index contributed by atoms with van der Waals surface area (Å²) < 4.78 is 2.25. The van der Waals surface area contributed by atoms with Gasteiger partial charge in [0, 0.05) is 26.1 Å². The molecule has 2 fully saturated rings. The van der Waals surface area contributed by atoms with E-state index < -0.39 is 0 Å². The van der Waals surface area contributed by atoms with Crippen LogP contribution < -0.4 is 10.6 Å². The Morgan fingerprint density at radius 3 is 3.16 bits per heavy atom. The van der Waals surface area contributed by atoms with E-state index in [4.69, 9.17) is 4.98 Å². The molecule has 0 bridgehead atoms. The van der Waals surface area contributed by atoms with Gasteiger partial charge in [0.1, 0.15) is 5.82 Å². The molecule has 134 valence electrons. The van der Waals surface area contributed by atoms with Gasteiger partial charge in [0.05, 0.1) is 16.4 Å². The van der Waals surface area contributed by atoms with E-state index in [2.05, 4.69) is 40.3 Å². The molecule has 1 amide bonds. The maximum atomic E-state index is 12.9. The molecule has 2 atom stereocenters. The Hall–Kier alpha value is -1.88. The Kier molecular flexibility index (Phi) is 4.50. The number of nitrogens with one attached hydrogen (secondary N) is 2. The predicted molar refractivity (Wildman–Crippen MR) is 99.4 cm³/mol. The predicted octanol–water partition coefficient (Wildman–Crippen LogP) is 2.49. The van der Waals surface area contributed by atoms with E-state index in [0.717, 1.165) is 43.8 Å². The van der Waals surface area contributed by atoms with Gasteiger partial charge in [-0.1, -0.05) is 25.0 Å². The van der Waals surface area contributed by atoms with Crippen LogP contribution in [-0.2, 0) is 17.8 Å². The first-order chi connectivity index (χ1) is 12.2. The van der Waals surface area contributed by atoms with Crippen LogP contribution >= 0.6 is 0 Å². The fraction of sp³-hybridized carbons (Fsp3) is 0.600. The lowest BCUT2D eigenvalue weighted by Gasteiger charge is -2.37. The van der Waals surface area contributed by atoms with Crippen molar-refractivity contribution in [2.24, 2.45) is 11.3 Å². The van der Waals surface area contributed by atoms with Crippen LogP contribution in [0.25, 0.3) is 11.0 Å². The van der Waals surface area contributed by atoms with Gasteiger partial charge in [-0.15, -0.1) is 0 Å². The number of hydrogen-bond acceptors (Lipinski definition) is 3. The molecule has 0 spiro atoms. The van der Waals surface area contributed by atoms with Gasteiger partial charge >= 0.3 is 0 Å². The lowest BCUT2D eigenvalue weighted by atomic mass is 9.67. The monoisotopic (exact) mass is 340 g/mol. The Balaban J connectivity index is 1.43. The highest BCUT2D eigenvalue weighted by atomic mass is 16.2. The molecule has 4 rings (SSSR count). The number of benzene rings is 1. The lowest BCUT2D eigenvalue weighted by Crippen LogP contribution is -2.48. The van der Waals surface area contributed by atoms with Crippen molar-refractivity contribution in [1.29, 1.82) is 0 Å². The number of para-hydroxylation sites is 2. The second-order valence-electron chi connectivity index (χ2n) is 7.50. The number of carbonyl (C=O) groups excluding carboxylic acids is 1. The highest BCUT2D eigenvalue weighted by molar-refractivity contribution is 5.84. The summed E-state index contributed by atoms with van der Waals surface area (Å²) in [4.78, 5) is 17.7. The van der Waals surface area contributed by atoms with Crippen LogP contribution in [0.4, 0.5) is 0 Å². The van der Waals surface area contributed by atoms with Crippen LogP contribution in [0.15, 0.2) is 24.3 Å². The van der Waals surface area contributed by atoms with E-state index in [1.54, 1.807) is 0 Å². The van der Waals surface area contributed by atoms with Crippen LogP contribution in [0.5, 0.6) is 0 Å². The third-order valence-electron chi connectivity index (χ3n) is 6.17. The summed E-state index contributed by atoms with van der Waals surface area (Å²) >= 11 is 0. The summed E-state index contributed by atoms with van der Waals surface area (Å²) in [6, 6.07) is 8.25. The summed E-state index contributed by atoms with van der Waals surface area (Å²) in [6.45, 7) is 5.55. The minimum atomic E-state index is -0.164. The van der Waals surface area contributed by atoms with E-state index >= 15 is 0 Å². The Morgan fingerprint density at radius 1 is 1.40 bits per heavy atom. The van der Waals surface area contributed by atoms with Gasteiger partial charge in [-0.05, 0) is 44.4 Å². The summed E-state index contributed by atoms with van der Waals surface area (Å²) in [5.41, 5.74) is 2.05. The number of aryl methyl sites for hydroxylation is 1. The number of hydrogen-bond donors (Lipinski definition) is 2. The van der Waals surface area contributed by atoms with Crippen LogP contribution in [0.1, 0.15) is 38.4 Å². The normalized spacial score (nSPS) is 25.9. The molecule has 0 unspecified atom stereocenters. The smallest absolute Gasteiger partial charge is 0.227 e. The second kappa shape index (κ2) is 6.79. The van der Waals surface area contributed by atoms with Gasteiger partial charge in [-0.3, -0.25) is 4.79 Å². The standard InChI is InChI=1S/C20H28N4O/c1-2-24-17-9-4-3-8-16(17)23-18(24)10-12-22-19(25)20-11-6-5-7-15(20)13-21-14-20/h3-4,8-9,15,21H,2,5-7,10-14H2,1H3,(H,22,25)/t15-,20+/m0/s1. The van der Waals surface area contributed by atoms with Crippen molar-refractivity contribution in [3.63, 3.8) is 0 Å². The van der Waals surface area contributed by atoms with Gasteiger partial charge < -0.3 is 15.2 Å². The molecule has 2 N–H and O–H groups in total. The number of carbonyl (C=O) groups is 1. The van der Waals surface area contributed by atoms with Crippen molar-refractivity contribution >= 4 is 16.9 Å². The number of rotatable bonds is 5. The molecule has 0 radical (unpaired) electrons. The number of aromatic nitrogens is 2. The average Bonchev–Trinajstić information content (AvgIpc) is 3.23. The molecule has 1 aliphatic heterocycles. The zero-order valence-electron chi connectivity index (χ0n) is 15.1. The quantitative estimate of drug-likeness (QED) is 0.879. The van der Waals surface area contributed by atoms with Crippen LogP contribution in [0.3, 0.4) is 0 Å². The SMILES string of the molecule is CCn1c(CCNC(=O)[C@@]23CCCC[C@H]2CNC3)nc2ccccc21. The minimum absolute atomic E-state index is 0.164. The Morgan fingerprint density at radius 2 is 2.28 bits per heavy atom. The summed E-state index contributed by atoms with van der Waals surface area (Å²) in [5.74, 6) is 1.83. The molecule has 1 saturated carbocycles. The van der Waals surface area contributed by atoms with E-state index in [9.17, 15) is 4.79 Å². The highest BCUT2D eigenvalue weighted by Crippen LogP contribution is 2.43. The molecule has 1 aromatic carbocycles. The highest BCUT2D eigenvalue weighted by Gasteiger charge is 2.49. The van der Waals surface area contributed by atoms with Crippen molar-refractivity contribution in [2.75, 3.05) is 19.6 Å². The van der Waals surface area contributed by atoms with Crippen molar-refractivity contribution in [3.8, 4) is 0 Å². The van der Waals surface area contributed by atoms with E-state index in [1.165, 1.54) is 24.8 Å².